The van der Waals surface area contributed by atoms with Crippen LogP contribution in [0.25, 0.3) is 5.57 Å². The lowest BCUT2D eigenvalue weighted by Gasteiger charge is -2.24. The predicted octanol–water partition coefficient (Wildman–Crippen LogP) is 4.54. The fourth-order valence-electron chi connectivity index (χ4n) is 2.46. The minimum atomic E-state index is 0.735. The summed E-state index contributed by atoms with van der Waals surface area (Å²) in [6.45, 7) is 0. The topological polar surface area (TPSA) is 0 Å². The molecule has 0 heterocycles. The zero-order chi connectivity index (χ0) is 10.5. The number of hydrogen-bond donors (Lipinski definition) is 1. The van der Waals surface area contributed by atoms with Crippen LogP contribution in [0.1, 0.15) is 37.7 Å². The highest BCUT2D eigenvalue weighted by Crippen LogP contribution is 2.35. The van der Waals surface area contributed by atoms with Gasteiger partial charge in [0, 0.05) is 0 Å². The normalized spacial score (nSPS) is 19.1. The fraction of sp³-hybridized carbons (Fsp3) is 0.429. The molecule has 1 heteroatoms. The molecular weight excluding hydrogens is 200 g/mol. The molecule has 1 aromatic rings. The molecule has 80 valence electrons. The second-order valence-electron chi connectivity index (χ2n) is 4.29. The summed E-state index contributed by atoms with van der Waals surface area (Å²) < 4.78 is 0. The van der Waals surface area contributed by atoms with Crippen LogP contribution < -0.4 is 0 Å². The van der Waals surface area contributed by atoms with Gasteiger partial charge in [0.1, 0.15) is 0 Å². The molecule has 0 N–H and O–H groups in total. The molecule has 1 aromatic carbocycles. The third-order valence-corrected chi connectivity index (χ3v) is 3.57. The highest BCUT2D eigenvalue weighted by Gasteiger charge is 2.18. The molecule has 0 radical (unpaired) electrons. The highest BCUT2D eigenvalue weighted by molar-refractivity contribution is 7.83. The monoisotopic (exact) mass is 218 g/mol. The molecule has 1 fully saturated rings. The first kappa shape index (κ1) is 10.8. The SMILES string of the molecule is SC=C(c1ccccc1)C1CCCCC1. The molecule has 0 aromatic heterocycles. The quantitative estimate of drug-likeness (QED) is 0.692. The maximum atomic E-state index is 4.38. The summed E-state index contributed by atoms with van der Waals surface area (Å²) in [6.07, 6.45) is 6.83. The van der Waals surface area contributed by atoms with Gasteiger partial charge >= 0.3 is 0 Å². The van der Waals surface area contributed by atoms with Crippen molar-refractivity contribution in [2.24, 2.45) is 5.92 Å². The molecule has 0 spiro atoms. The molecule has 0 saturated heterocycles. The van der Waals surface area contributed by atoms with Crippen molar-refractivity contribution in [3.63, 3.8) is 0 Å². The summed E-state index contributed by atoms with van der Waals surface area (Å²) in [6, 6.07) is 10.7. The number of hydrogen-bond acceptors (Lipinski definition) is 1. The van der Waals surface area contributed by atoms with Gasteiger partial charge in [0.2, 0.25) is 0 Å². The lowest BCUT2D eigenvalue weighted by Crippen LogP contribution is -2.08. The Morgan fingerprint density at radius 1 is 1.07 bits per heavy atom. The number of allylic oxidation sites excluding steroid dienone is 1. The molecule has 0 unspecified atom stereocenters. The van der Waals surface area contributed by atoms with Gasteiger partial charge in [-0.05, 0) is 35.3 Å². The first-order valence-electron chi connectivity index (χ1n) is 5.81. The standard InChI is InChI=1S/C14H18S/c15-11-14(12-7-3-1-4-8-12)13-9-5-2-6-10-13/h1,3-4,7-8,11,13,15H,2,5-6,9-10H2. The smallest absolute Gasteiger partial charge is 0.0151 e. The van der Waals surface area contributed by atoms with Gasteiger partial charge in [-0.3, -0.25) is 0 Å². The second-order valence-corrected chi connectivity index (χ2v) is 4.54. The van der Waals surface area contributed by atoms with Crippen molar-refractivity contribution in [3.05, 3.63) is 41.3 Å². The molecule has 2 rings (SSSR count). The minimum Gasteiger partial charge on any atom is -0.151 e. The zero-order valence-corrected chi connectivity index (χ0v) is 9.92. The van der Waals surface area contributed by atoms with E-state index in [1.165, 1.54) is 43.2 Å². The zero-order valence-electron chi connectivity index (χ0n) is 9.02. The summed E-state index contributed by atoms with van der Waals surface area (Å²) in [5.74, 6) is 0.735. The van der Waals surface area contributed by atoms with Gasteiger partial charge in [-0.2, -0.15) is 12.6 Å². The Hall–Kier alpha value is -0.690. The lowest BCUT2D eigenvalue weighted by atomic mass is 9.82. The van der Waals surface area contributed by atoms with Gasteiger partial charge in [-0.25, -0.2) is 0 Å². The van der Waals surface area contributed by atoms with Crippen molar-refractivity contribution in [2.75, 3.05) is 0 Å². The summed E-state index contributed by atoms with van der Waals surface area (Å²) >= 11 is 4.38. The van der Waals surface area contributed by atoms with Crippen LogP contribution in [-0.4, -0.2) is 0 Å². The van der Waals surface area contributed by atoms with Crippen LogP contribution in [0.5, 0.6) is 0 Å². The highest BCUT2D eigenvalue weighted by atomic mass is 32.1. The van der Waals surface area contributed by atoms with Crippen LogP contribution in [0.3, 0.4) is 0 Å². The molecule has 1 aliphatic rings. The van der Waals surface area contributed by atoms with Crippen LogP contribution in [0, 0.1) is 5.92 Å². The Morgan fingerprint density at radius 3 is 2.33 bits per heavy atom. The third kappa shape index (κ3) is 2.66. The number of rotatable bonds is 2. The summed E-state index contributed by atoms with van der Waals surface area (Å²) in [5, 5.41) is 2.01. The van der Waals surface area contributed by atoms with Crippen LogP contribution in [0.4, 0.5) is 0 Å². The summed E-state index contributed by atoms with van der Waals surface area (Å²) in [7, 11) is 0. The van der Waals surface area contributed by atoms with Crippen molar-refractivity contribution >= 4 is 18.2 Å². The largest absolute Gasteiger partial charge is 0.151 e. The van der Waals surface area contributed by atoms with Crippen LogP contribution >= 0.6 is 12.6 Å². The van der Waals surface area contributed by atoms with E-state index in [0.717, 1.165) is 5.92 Å². The van der Waals surface area contributed by atoms with E-state index in [-0.39, 0.29) is 0 Å². The van der Waals surface area contributed by atoms with Gasteiger partial charge < -0.3 is 0 Å². The maximum absolute atomic E-state index is 4.38. The number of thiol groups is 1. The van der Waals surface area contributed by atoms with E-state index in [1.54, 1.807) is 0 Å². The Kier molecular flexibility index (Phi) is 3.90. The van der Waals surface area contributed by atoms with Gasteiger partial charge in [0.05, 0.1) is 0 Å². The molecule has 1 saturated carbocycles. The van der Waals surface area contributed by atoms with Gasteiger partial charge in [-0.1, -0.05) is 49.6 Å². The summed E-state index contributed by atoms with van der Waals surface area (Å²) in [5.41, 5.74) is 2.78. The molecule has 15 heavy (non-hydrogen) atoms. The maximum Gasteiger partial charge on any atom is -0.0151 e. The molecule has 0 amide bonds. The average Bonchev–Trinajstić information content (AvgIpc) is 2.33. The van der Waals surface area contributed by atoms with Crippen LogP contribution in [0.15, 0.2) is 35.7 Å². The van der Waals surface area contributed by atoms with Crippen molar-refractivity contribution in [2.45, 2.75) is 32.1 Å². The van der Waals surface area contributed by atoms with Gasteiger partial charge in [0.15, 0.2) is 0 Å². The van der Waals surface area contributed by atoms with E-state index in [4.69, 9.17) is 0 Å². The molecule has 0 atom stereocenters. The lowest BCUT2D eigenvalue weighted by molar-refractivity contribution is 0.429. The van der Waals surface area contributed by atoms with E-state index in [1.807, 2.05) is 5.41 Å². The Morgan fingerprint density at radius 2 is 1.73 bits per heavy atom. The summed E-state index contributed by atoms with van der Waals surface area (Å²) in [4.78, 5) is 0. The molecule has 0 bridgehead atoms. The first-order chi connectivity index (χ1) is 7.42. The van der Waals surface area contributed by atoms with E-state index < -0.39 is 0 Å². The van der Waals surface area contributed by atoms with E-state index >= 15 is 0 Å². The third-order valence-electron chi connectivity index (χ3n) is 3.29. The van der Waals surface area contributed by atoms with Crippen LogP contribution in [-0.2, 0) is 0 Å². The Balaban J connectivity index is 2.17. The van der Waals surface area contributed by atoms with Gasteiger partial charge in [-0.15, -0.1) is 0 Å². The second kappa shape index (κ2) is 5.41. The molecular formula is C14H18S. The van der Waals surface area contributed by atoms with Crippen molar-refractivity contribution < 1.29 is 0 Å². The van der Waals surface area contributed by atoms with Gasteiger partial charge in [0.25, 0.3) is 0 Å². The van der Waals surface area contributed by atoms with Crippen molar-refractivity contribution in [3.8, 4) is 0 Å². The van der Waals surface area contributed by atoms with Crippen LogP contribution in [0.2, 0.25) is 0 Å². The predicted molar refractivity (Wildman–Crippen MR) is 70.0 cm³/mol. The average molecular weight is 218 g/mol. The molecule has 1 aliphatic carbocycles. The van der Waals surface area contributed by atoms with E-state index in [9.17, 15) is 0 Å². The Labute approximate surface area is 97.8 Å². The van der Waals surface area contributed by atoms with Crippen molar-refractivity contribution in [1.29, 1.82) is 0 Å². The molecule has 0 aliphatic heterocycles. The fourth-order valence-corrected chi connectivity index (χ4v) is 2.82. The number of benzene rings is 1. The van der Waals surface area contributed by atoms with E-state index in [0.29, 0.717) is 0 Å². The molecule has 0 nitrogen and oxygen atoms in total. The minimum absolute atomic E-state index is 0.735. The van der Waals surface area contributed by atoms with E-state index in [2.05, 4.69) is 43.0 Å². The Bertz CT molecular complexity index is 320. The van der Waals surface area contributed by atoms with Crippen molar-refractivity contribution in [1.82, 2.24) is 0 Å². The first-order valence-corrected chi connectivity index (χ1v) is 6.33.